The molecule has 0 N–H and O–H groups in total. The summed E-state index contributed by atoms with van der Waals surface area (Å²) >= 11 is 0. The lowest BCUT2D eigenvalue weighted by molar-refractivity contribution is -0.135. The minimum atomic E-state index is -0.345. The van der Waals surface area contributed by atoms with Crippen LogP contribution in [-0.2, 0) is 4.79 Å². The number of nitrogens with zero attached hydrogens (tertiary/aromatic N) is 2. The van der Waals surface area contributed by atoms with Crippen molar-refractivity contribution in [1.82, 2.24) is 5.01 Å². The van der Waals surface area contributed by atoms with Crippen molar-refractivity contribution in [3.8, 4) is 5.75 Å². The second kappa shape index (κ2) is 8.13. The molecule has 0 radical (unpaired) electrons. The van der Waals surface area contributed by atoms with Crippen LogP contribution in [0.15, 0.2) is 47.6 Å². The number of benzene rings is 2. The average Bonchev–Trinajstić information content (AvgIpc) is 2.95. The molecule has 0 unspecified atom stereocenters. The predicted molar refractivity (Wildman–Crippen MR) is 109 cm³/mol. The van der Waals surface area contributed by atoms with Gasteiger partial charge in [-0.25, -0.2) is 9.40 Å². The normalized spacial score (nSPS) is 15.5. The Labute approximate surface area is 166 Å². The zero-order chi connectivity index (χ0) is 20.3. The van der Waals surface area contributed by atoms with Crippen LogP contribution in [0.3, 0.4) is 0 Å². The van der Waals surface area contributed by atoms with Crippen LogP contribution in [0.5, 0.6) is 5.75 Å². The zero-order valence-corrected chi connectivity index (χ0v) is 17.0. The van der Waals surface area contributed by atoms with Gasteiger partial charge in [-0.2, -0.15) is 5.10 Å². The Morgan fingerprint density at radius 3 is 2.43 bits per heavy atom. The molecule has 1 amide bonds. The number of aryl methyl sites for hydroxylation is 2. The van der Waals surface area contributed by atoms with Gasteiger partial charge in [0.15, 0.2) is 0 Å². The lowest BCUT2D eigenvalue weighted by atomic mass is 9.93. The maximum atomic E-state index is 12.9. The van der Waals surface area contributed by atoms with Gasteiger partial charge in [0.05, 0.1) is 17.9 Å². The van der Waals surface area contributed by atoms with Gasteiger partial charge in [0.1, 0.15) is 11.6 Å². The first kappa shape index (κ1) is 20.1. The molecule has 4 nitrogen and oxygen atoms in total. The van der Waals surface area contributed by atoms with E-state index >= 15 is 0 Å². The highest BCUT2D eigenvalue weighted by Gasteiger charge is 2.38. The van der Waals surface area contributed by atoms with Gasteiger partial charge in [-0.05, 0) is 63.9 Å². The standard InChI is InChI=1S/C23H27FN2O2/c1-16-12-17(2)14-18(13-16)21-15-23(3,4)26(25-21)22(27)6-5-11-28-20-9-7-19(24)8-10-20/h7-10,12-14H,5-6,11,15H2,1-4H3. The molecule has 5 heteroatoms. The van der Waals surface area contributed by atoms with Crippen molar-refractivity contribution >= 4 is 11.6 Å². The summed E-state index contributed by atoms with van der Waals surface area (Å²) in [7, 11) is 0. The maximum absolute atomic E-state index is 12.9. The van der Waals surface area contributed by atoms with Gasteiger partial charge in [0.25, 0.3) is 0 Å². The van der Waals surface area contributed by atoms with Gasteiger partial charge >= 0.3 is 0 Å². The van der Waals surface area contributed by atoms with Crippen LogP contribution in [0.1, 0.15) is 49.8 Å². The highest BCUT2D eigenvalue weighted by atomic mass is 19.1. The lowest BCUT2D eigenvalue weighted by Gasteiger charge is -2.28. The van der Waals surface area contributed by atoms with E-state index in [1.54, 1.807) is 17.1 Å². The van der Waals surface area contributed by atoms with Crippen LogP contribution in [-0.4, -0.2) is 28.8 Å². The van der Waals surface area contributed by atoms with Crippen molar-refractivity contribution in [3.05, 3.63) is 65.0 Å². The number of amides is 1. The van der Waals surface area contributed by atoms with Gasteiger partial charge in [-0.3, -0.25) is 4.79 Å². The van der Waals surface area contributed by atoms with Crippen molar-refractivity contribution in [1.29, 1.82) is 0 Å². The number of rotatable bonds is 6. The third-order valence-corrected chi connectivity index (χ3v) is 4.80. The summed E-state index contributed by atoms with van der Waals surface area (Å²) in [6, 6.07) is 12.3. The molecule has 0 saturated carbocycles. The first-order chi connectivity index (χ1) is 13.2. The Balaban J connectivity index is 1.60. The van der Waals surface area contributed by atoms with Crippen molar-refractivity contribution in [2.75, 3.05) is 6.61 Å². The summed E-state index contributed by atoms with van der Waals surface area (Å²) < 4.78 is 18.5. The quantitative estimate of drug-likeness (QED) is 0.659. The van der Waals surface area contributed by atoms with Crippen LogP contribution in [0.25, 0.3) is 0 Å². The van der Waals surface area contributed by atoms with E-state index in [4.69, 9.17) is 4.74 Å². The van der Waals surface area contributed by atoms with E-state index < -0.39 is 0 Å². The first-order valence-electron chi connectivity index (χ1n) is 9.62. The second-order valence-electron chi connectivity index (χ2n) is 8.02. The lowest BCUT2D eigenvalue weighted by Crippen LogP contribution is -2.40. The molecular formula is C23H27FN2O2. The van der Waals surface area contributed by atoms with Gasteiger partial charge in [0.2, 0.25) is 5.91 Å². The first-order valence-corrected chi connectivity index (χ1v) is 9.62. The van der Waals surface area contributed by atoms with E-state index in [0.717, 1.165) is 17.7 Å². The average molecular weight is 382 g/mol. The number of carbonyl (C=O) groups excluding carboxylic acids is 1. The molecule has 3 rings (SSSR count). The molecule has 0 saturated heterocycles. The van der Waals surface area contributed by atoms with Crippen LogP contribution >= 0.6 is 0 Å². The summed E-state index contributed by atoms with van der Waals surface area (Å²) in [6.07, 6.45) is 1.67. The van der Waals surface area contributed by atoms with Crippen molar-refractivity contribution in [2.45, 2.75) is 52.5 Å². The van der Waals surface area contributed by atoms with Crippen LogP contribution in [0.2, 0.25) is 0 Å². The monoisotopic (exact) mass is 382 g/mol. The van der Waals surface area contributed by atoms with E-state index in [0.29, 0.717) is 25.2 Å². The molecule has 148 valence electrons. The molecule has 0 spiro atoms. The largest absolute Gasteiger partial charge is 0.494 e. The van der Waals surface area contributed by atoms with Gasteiger partial charge in [0, 0.05) is 12.8 Å². The number of hydrogen-bond acceptors (Lipinski definition) is 3. The van der Waals surface area contributed by atoms with Crippen molar-refractivity contribution < 1.29 is 13.9 Å². The SMILES string of the molecule is Cc1cc(C)cc(C2=NN(C(=O)CCCOc3ccc(F)cc3)C(C)(C)C2)c1. The minimum absolute atomic E-state index is 0.00733. The molecule has 0 bridgehead atoms. The Morgan fingerprint density at radius 2 is 1.79 bits per heavy atom. The highest BCUT2D eigenvalue weighted by molar-refractivity contribution is 6.03. The predicted octanol–water partition coefficient (Wildman–Crippen LogP) is 5.02. The number of hydrogen-bond donors (Lipinski definition) is 0. The molecule has 0 aliphatic carbocycles. The second-order valence-corrected chi connectivity index (χ2v) is 8.02. The van der Waals surface area contributed by atoms with E-state index in [9.17, 15) is 9.18 Å². The molecule has 1 aliphatic rings. The molecule has 2 aromatic carbocycles. The van der Waals surface area contributed by atoms with Gasteiger partial charge < -0.3 is 4.74 Å². The Kier molecular flexibility index (Phi) is 5.82. The smallest absolute Gasteiger partial charge is 0.243 e. The fraction of sp³-hybridized carbons (Fsp3) is 0.391. The Hall–Kier alpha value is -2.69. The van der Waals surface area contributed by atoms with Crippen LogP contribution in [0.4, 0.5) is 4.39 Å². The molecule has 0 atom stereocenters. The number of ether oxygens (including phenoxy) is 1. The molecular weight excluding hydrogens is 355 g/mol. The third kappa shape index (κ3) is 4.77. The molecule has 1 heterocycles. The maximum Gasteiger partial charge on any atom is 0.243 e. The summed E-state index contributed by atoms with van der Waals surface area (Å²) in [5, 5.41) is 6.28. The summed E-state index contributed by atoms with van der Waals surface area (Å²) in [6.45, 7) is 8.62. The highest BCUT2D eigenvalue weighted by Crippen LogP contribution is 2.30. The number of halogens is 1. The minimum Gasteiger partial charge on any atom is -0.494 e. The van der Waals surface area contributed by atoms with E-state index in [1.807, 2.05) is 13.8 Å². The molecule has 1 aliphatic heterocycles. The molecule has 0 fully saturated rings. The van der Waals surface area contributed by atoms with Crippen molar-refractivity contribution in [2.24, 2.45) is 5.10 Å². The van der Waals surface area contributed by atoms with E-state index in [2.05, 4.69) is 37.1 Å². The Morgan fingerprint density at radius 1 is 1.14 bits per heavy atom. The molecule has 0 aromatic heterocycles. The zero-order valence-electron chi connectivity index (χ0n) is 17.0. The van der Waals surface area contributed by atoms with Crippen molar-refractivity contribution in [3.63, 3.8) is 0 Å². The number of hydrazone groups is 1. The molecule has 2 aromatic rings. The summed E-state index contributed by atoms with van der Waals surface area (Å²) in [5.74, 6) is 0.300. The topological polar surface area (TPSA) is 41.9 Å². The van der Waals surface area contributed by atoms with Gasteiger partial charge in [-0.15, -0.1) is 0 Å². The molecule has 28 heavy (non-hydrogen) atoms. The fourth-order valence-corrected chi connectivity index (χ4v) is 3.52. The summed E-state index contributed by atoms with van der Waals surface area (Å²) in [5.41, 5.74) is 4.08. The third-order valence-electron chi connectivity index (χ3n) is 4.80. The Bertz CT molecular complexity index is 868. The fourth-order valence-electron chi connectivity index (χ4n) is 3.52. The van der Waals surface area contributed by atoms with Crippen LogP contribution in [0, 0.1) is 19.7 Å². The number of carbonyl (C=O) groups is 1. The van der Waals surface area contributed by atoms with Crippen LogP contribution < -0.4 is 4.74 Å². The van der Waals surface area contributed by atoms with E-state index in [1.165, 1.54) is 23.3 Å². The van der Waals surface area contributed by atoms with Gasteiger partial charge in [-0.1, -0.05) is 29.3 Å². The van der Waals surface area contributed by atoms with E-state index in [-0.39, 0.29) is 17.3 Å². The summed E-state index contributed by atoms with van der Waals surface area (Å²) in [4.78, 5) is 12.7.